The number of rotatable bonds is 13. The Morgan fingerprint density at radius 1 is 0.951 bits per heavy atom. The van der Waals surface area contributed by atoms with E-state index in [2.05, 4.69) is 5.32 Å². The summed E-state index contributed by atoms with van der Waals surface area (Å²) < 4.78 is 39.8. The molecule has 3 aromatic carbocycles. The van der Waals surface area contributed by atoms with Crippen molar-refractivity contribution in [3.05, 3.63) is 83.4 Å². The fraction of sp³-hybridized carbons (Fsp3) is 0.333. The molecule has 2 atom stereocenters. The molecule has 0 radical (unpaired) electrons. The summed E-state index contributed by atoms with van der Waals surface area (Å²) in [6, 6.07) is 18.4. The van der Waals surface area contributed by atoms with E-state index in [0.29, 0.717) is 17.2 Å². The van der Waals surface area contributed by atoms with E-state index in [1.54, 1.807) is 61.5 Å². The van der Waals surface area contributed by atoms with Crippen LogP contribution in [-0.4, -0.2) is 58.0 Å². The molecule has 9 nitrogen and oxygen atoms in total. The zero-order valence-corrected chi connectivity index (χ0v) is 25.4. The average Bonchev–Trinajstić information content (AvgIpc) is 2.98. The first-order valence-corrected chi connectivity index (χ1v) is 15.0. The van der Waals surface area contributed by atoms with Crippen molar-refractivity contribution in [2.45, 2.75) is 50.7 Å². The van der Waals surface area contributed by atoms with E-state index in [0.717, 1.165) is 9.87 Å². The monoisotopic (exact) mass is 601 g/mol. The zero-order chi connectivity index (χ0) is 30.2. The lowest BCUT2D eigenvalue weighted by Crippen LogP contribution is -2.52. The minimum absolute atomic E-state index is 0.00973. The van der Waals surface area contributed by atoms with Crippen LogP contribution in [0.4, 0.5) is 5.69 Å². The van der Waals surface area contributed by atoms with Crippen LogP contribution in [0, 0.1) is 0 Å². The summed E-state index contributed by atoms with van der Waals surface area (Å²) in [5, 5.41) is 3.44. The lowest BCUT2D eigenvalue weighted by Gasteiger charge is -2.33. The van der Waals surface area contributed by atoms with Gasteiger partial charge < -0.3 is 19.7 Å². The van der Waals surface area contributed by atoms with E-state index >= 15 is 0 Å². The van der Waals surface area contributed by atoms with Crippen molar-refractivity contribution in [1.29, 1.82) is 0 Å². The Balaban J connectivity index is 2.10. The van der Waals surface area contributed by atoms with Crippen LogP contribution in [0.1, 0.15) is 32.8 Å². The number of amides is 2. The second-order valence-corrected chi connectivity index (χ2v) is 11.8. The van der Waals surface area contributed by atoms with E-state index < -0.39 is 28.5 Å². The Morgan fingerprint density at radius 2 is 1.61 bits per heavy atom. The average molecular weight is 602 g/mol. The van der Waals surface area contributed by atoms with Gasteiger partial charge >= 0.3 is 0 Å². The Bertz CT molecular complexity index is 1430. The highest BCUT2D eigenvalue weighted by Gasteiger charge is 2.34. The molecule has 0 bridgehead atoms. The van der Waals surface area contributed by atoms with Gasteiger partial charge in [-0.2, -0.15) is 0 Å². The minimum Gasteiger partial charge on any atom is -0.497 e. The zero-order valence-electron chi connectivity index (χ0n) is 23.8. The van der Waals surface area contributed by atoms with Crippen LogP contribution in [0.5, 0.6) is 11.5 Å². The van der Waals surface area contributed by atoms with Crippen LogP contribution < -0.4 is 19.1 Å². The second kappa shape index (κ2) is 14.2. The van der Waals surface area contributed by atoms with Gasteiger partial charge in [-0.25, -0.2) is 8.42 Å². The summed E-state index contributed by atoms with van der Waals surface area (Å²) >= 11 is 6.06. The molecule has 0 aromatic heterocycles. The van der Waals surface area contributed by atoms with E-state index in [1.807, 2.05) is 13.8 Å². The molecular weight excluding hydrogens is 566 g/mol. The number of nitrogens with zero attached hydrogens (tertiary/aromatic N) is 2. The summed E-state index contributed by atoms with van der Waals surface area (Å²) in [6.07, 6.45) is 0.711. The maximum absolute atomic E-state index is 14.1. The molecule has 0 heterocycles. The summed E-state index contributed by atoms with van der Waals surface area (Å²) in [7, 11) is -1.39. The number of ether oxygens (including phenoxy) is 2. The third-order valence-electron chi connectivity index (χ3n) is 6.70. The first kappa shape index (κ1) is 31.8. The molecule has 41 heavy (non-hydrogen) atoms. The Morgan fingerprint density at radius 3 is 2.20 bits per heavy atom. The number of nitrogens with one attached hydrogen (secondary N) is 1. The largest absolute Gasteiger partial charge is 0.497 e. The van der Waals surface area contributed by atoms with Gasteiger partial charge in [0.05, 0.1) is 24.8 Å². The second-order valence-electron chi connectivity index (χ2n) is 9.50. The number of methoxy groups -OCH3 is 2. The first-order valence-electron chi connectivity index (χ1n) is 13.2. The molecule has 0 aliphatic heterocycles. The maximum Gasteiger partial charge on any atom is 0.264 e. The number of hydrogen-bond acceptors (Lipinski definition) is 6. The van der Waals surface area contributed by atoms with Crippen LogP contribution in [0.15, 0.2) is 77.7 Å². The number of anilines is 1. The third kappa shape index (κ3) is 7.92. The normalized spacial score (nSPS) is 12.6. The van der Waals surface area contributed by atoms with Crippen molar-refractivity contribution in [2.75, 3.05) is 25.1 Å². The van der Waals surface area contributed by atoms with Crippen LogP contribution in [-0.2, 0) is 26.2 Å². The van der Waals surface area contributed by atoms with E-state index in [9.17, 15) is 18.0 Å². The predicted molar refractivity (Wildman–Crippen MR) is 160 cm³/mol. The number of hydrogen-bond donors (Lipinski definition) is 1. The standard InChI is InChI=1S/C30H36ClN3O6S/c1-6-21(2)32-30(36)22(3)33(19-23-12-14-24(31)15-13-23)29(35)20-34(41(37,38)26-10-8-7-9-11-26)27-18-25(39-4)16-17-28(27)40-5/h7-18,21-22H,6,19-20H2,1-5H3,(H,32,36)/t21-,22+/m0/s1. The van der Waals surface area contributed by atoms with Gasteiger partial charge in [-0.05, 0) is 62.2 Å². The Labute approximate surface area is 247 Å². The molecule has 0 aliphatic carbocycles. The van der Waals surface area contributed by atoms with E-state index in [1.165, 1.54) is 37.3 Å². The Hall–Kier alpha value is -3.76. The highest BCUT2D eigenvalue weighted by molar-refractivity contribution is 7.92. The molecule has 0 saturated carbocycles. The van der Waals surface area contributed by atoms with Crippen LogP contribution in [0.25, 0.3) is 0 Å². The van der Waals surface area contributed by atoms with Crippen molar-refractivity contribution in [3.63, 3.8) is 0 Å². The fourth-order valence-electron chi connectivity index (χ4n) is 4.06. The topological polar surface area (TPSA) is 105 Å². The molecule has 0 saturated heterocycles. The molecule has 1 N–H and O–H groups in total. The lowest BCUT2D eigenvalue weighted by molar-refractivity contribution is -0.139. The van der Waals surface area contributed by atoms with Gasteiger partial charge in [0, 0.05) is 23.7 Å². The van der Waals surface area contributed by atoms with Crippen LogP contribution in [0.2, 0.25) is 5.02 Å². The minimum atomic E-state index is -4.26. The molecule has 3 aromatic rings. The molecule has 0 unspecified atom stereocenters. The lowest BCUT2D eigenvalue weighted by atomic mass is 10.1. The smallest absolute Gasteiger partial charge is 0.264 e. The van der Waals surface area contributed by atoms with Crippen molar-refractivity contribution < 1.29 is 27.5 Å². The van der Waals surface area contributed by atoms with Gasteiger partial charge in [0.2, 0.25) is 11.8 Å². The van der Waals surface area contributed by atoms with Crippen molar-refractivity contribution >= 4 is 39.1 Å². The molecule has 0 aliphatic rings. The predicted octanol–water partition coefficient (Wildman–Crippen LogP) is 4.88. The highest BCUT2D eigenvalue weighted by Crippen LogP contribution is 2.36. The molecular formula is C30H36ClN3O6S. The van der Waals surface area contributed by atoms with Gasteiger partial charge in [-0.15, -0.1) is 0 Å². The number of carbonyl (C=O) groups excluding carboxylic acids is 2. The van der Waals surface area contributed by atoms with Gasteiger partial charge in [0.15, 0.2) is 0 Å². The molecule has 11 heteroatoms. The van der Waals surface area contributed by atoms with Crippen LogP contribution in [0.3, 0.4) is 0 Å². The SMILES string of the molecule is CC[C@H](C)NC(=O)[C@@H](C)N(Cc1ccc(Cl)cc1)C(=O)CN(c1cc(OC)ccc1OC)S(=O)(=O)c1ccccc1. The number of sulfonamides is 1. The van der Waals surface area contributed by atoms with Crippen molar-refractivity contribution in [3.8, 4) is 11.5 Å². The first-order chi connectivity index (χ1) is 19.5. The van der Waals surface area contributed by atoms with Crippen molar-refractivity contribution in [1.82, 2.24) is 10.2 Å². The summed E-state index contributed by atoms with van der Waals surface area (Å²) in [4.78, 5) is 28.6. The van der Waals surface area contributed by atoms with E-state index in [4.69, 9.17) is 21.1 Å². The summed E-state index contributed by atoms with van der Waals surface area (Å²) in [5.74, 6) is -0.333. The Kier molecular flexibility index (Phi) is 11.0. The van der Waals surface area contributed by atoms with Crippen molar-refractivity contribution in [2.24, 2.45) is 0 Å². The highest BCUT2D eigenvalue weighted by atomic mass is 35.5. The number of halogens is 1. The van der Waals surface area contributed by atoms with Gasteiger partial charge in [-0.1, -0.05) is 48.9 Å². The molecule has 220 valence electrons. The maximum atomic E-state index is 14.1. The molecule has 2 amide bonds. The molecule has 0 fully saturated rings. The summed E-state index contributed by atoms with van der Waals surface area (Å²) in [5.41, 5.74) is 0.842. The van der Waals surface area contributed by atoms with Gasteiger partial charge in [-0.3, -0.25) is 13.9 Å². The molecule has 0 spiro atoms. The quantitative estimate of drug-likeness (QED) is 0.299. The van der Waals surface area contributed by atoms with E-state index in [-0.39, 0.29) is 34.8 Å². The third-order valence-corrected chi connectivity index (χ3v) is 8.73. The summed E-state index contributed by atoms with van der Waals surface area (Å²) in [6.45, 7) is 4.89. The molecule has 3 rings (SSSR count). The fourth-order valence-corrected chi connectivity index (χ4v) is 5.62. The van der Waals surface area contributed by atoms with Crippen LogP contribution >= 0.6 is 11.6 Å². The number of carbonyl (C=O) groups is 2. The van der Waals surface area contributed by atoms with Gasteiger partial charge in [0.1, 0.15) is 24.1 Å². The van der Waals surface area contributed by atoms with Gasteiger partial charge in [0.25, 0.3) is 10.0 Å². The number of benzene rings is 3.